The largest absolute Gasteiger partial charge is 0.478 e. The summed E-state index contributed by atoms with van der Waals surface area (Å²) in [4.78, 5) is 22.9. The van der Waals surface area contributed by atoms with Crippen LogP contribution in [0, 0.1) is 25.2 Å². The van der Waals surface area contributed by atoms with Gasteiger partial charge in [-0.25, -0.2) is 9.59 Å². The Balaban J connectivity index is 2.15. The van der Waals surface area contributed by atoms with Gasteiger partial charge in [0.05, 0.1) is 22.8 Å². The molecular formula is C23H17BrN2O4. The van der Waals surface area contributed by atoms with Crippen LogP contribution in [0.15, 0.2) is 53.0 Å². The highest BCUT2D eigenvalue weighted by molar-refractivity contribution is 9.10. The number of rotatable bonds is 5. The third-order valence-corrected chi connectivity index (χ3v) is 5.24. The summed E-state index contributed by atoms with van der Waals surface area (Å²) in [6.07, 6.45) is 1.77. The standard InChI is InChI=1S/C23H17BrN2O4/c1-13-7-16(8-19(12-25)15-3-5-20(24)6-4-15)14(2)26(13)21-10-17(22(27)28)9-18(11-21)23(29)30/h3-11H,1-2H3,(H,27,28)(H,29,30)/b19-8-. The lowest BCUT2D eigenvalue weighted by atomic mass is 10.0. The number of benzene rings is 2. The van der Waals surface area contributed by atoms with Crippen molar-refractivity contribution in [3.8, 4) is 11.8 Å². The minimum atomic E-state index is -1.20. The number of carbonyl (C=O) groups is 2. The lowest BCUT2D eigenvalue weighted by molar-refractivity contribution is 0.0696. The van der Waals surface area contributed by atoms with Crippen molar-refractivity contribution in [2.24, 2.45) is 0 Å². The number of hydrogen-bond acceptors (Lipinski definition) is 3. The summed E-state index contributed by atoms with van der Waals surface area (Å²) in [7, 11) is 0. The van der Waals surface area contributed by atoms with E-state index < -0.39 is 11.9 Å². The summed E-state index contributed by atoms with van der Waals surface area (Å²) < 4.78 is 2.69. The molecular weight excluding hydrogens is 448 g/mol. The van der Waals surface area contributed by atoms with E-state index >= 15 is 0 Å². The van der Waals surface area contributed by atoms with Gasteiger partial charge in [0.2, 0.25) is 0 Å². The molecule has 0 radical (unpaired) electrons. The van der Waals surface area contributed by atoms with Crippen molar-refractivity contribution in [2.45, 2.75) is 13.8 Å². The molecule has 0 aliphatic heterocycles. The van der Waals surface area contributed by atoms with Gasteiger partial charge < -0.3 is 14.8 Å². The van der Waals surface area contributed by atoms with E-state index in [2.05, 4.69) is 22.0 Å². The van der Waals surface area contributed by atoms with Gasteiger partial charge in [0.15, 0.2) is 0 Å². The normalized spacial score (nSPS) is 11.2. The fraction of sp³-hybridized carbons (Fsp3) is 0.0870. The molecule has 0 bridgehead atoms. The third kappa shape index (κ3) is 4.19. The van der Waals surface area contributed by atoms with Crippen LogP contribution in [0.4, 0.5) is 0 Å². The zero-order valence-electron chi connectivity index (χ0n) is 16.2. The molecule has 3 rings (SSSR count). The summed E-state index contributed by atoms with van der Waals surface area (Å²) in [5.41, 5.74) is 3.79. The number of nitrogens with zero attached hydrogens (tertiary/aromatic N) is 2. The van der Waals surface area contributed by atoms with Gasteiger partial charge in [-0.3, -0.25) is 0 Å². The van der Waals surface area contributed by atoms with Gasteiger partial charge in [-0.15, -0.1) is 0 Å². The van der Waals surface area contributed by atoms with Crippen LogP contribution in [-0.2, 0) is 0 Å². The van der Waals surface area contributed by atoms with Crippen molar-refractivity contribution in [2.75, 3.05) is 0 Å². The van der Waals surface area contributed by atoms with Gasteiger partial charge >= 0.3 is 11.9 Å². The fourth-order valence-electron chi connectivity index (χ4n) is 3.28. The predicted molar refractivity (Wildman–Crippen MR) is 117 cm³/mol. The van der Waals surface area contributed by atoms with Crippen molar-refractivity contribution in [1.29, 1.82) is 5.26 Å². The topological polar surface area (TPSA) is 103 Å². The van der Waals surface area contributed by atoms with Gasteiger partial charge in [0.25, 0.3) is 0 Å². The van der Waals surface area contributed by atoms with E-state index in [4.69, 9.17) is 0 Å². The maximum Gasteiger partial charge on any atom is 0.335 e. The first-order valence-corrected chi connectivity index (χ1v) is 9.69. The molecule has 30 heavy (non-hydrogen) atoms. The van der Waals surface area contributed by atoms with Gasteiger partial charge in [-0.1, -0.05) is 28.1 Å². The quantitative estimate of drug-likeness (QED) is 0.497. The van der Waals surface area contributed by atoms with Crippen LogP contribution in [0.1, 0.15) is 43.2 Å². The Morgan fingerprint density at radius 2 is 1.53 bits per heavy atom. The Labute approximate surface area is 181 Å². The monoisotopic (exact) mass is 464 g/mol. The Morgan fingerprint density at radius 1 is 0.967 bits per heavy atom. The highest BCUT2D eigenvalue weighted by atomic mass is 79.9. The molecule has 3 aromatic rings. The molecule has 1 aromatic heterocycles. The summed E-state index contributed by atoms with van der Waals surface area (Å²) >= 11 is 3.38. The Kier molecular flexibility index (Phi) is 5.90. The van der Waals surface area contributed by atoms with Crippen LogP contribution in [0.2, 0.25) is 0 Å². The van der Waals surface area contributed by atoms with Crippen LogP contribution >= 0.6 is 15.9 Å². The number of aromatic carboxylic acids is 2. The smallest absolute Gasteiger partial charge is 0.335 e. The highest BCUT2D eigenvalue weighted by Gasteiger charge is 2.16. The number of aromatic nitrogens is 1. The second kappa shape index (κ2) is 8.39. The summed E-state index contributed by atoms with van der Waals surface area (Å²) in [6, 6.07) is 15.5. The molecule has 0 aliphatic carbocycles. The van der Waals surface area contributed by atoms with E-state index in [1.807, 2.05) is 44.2 Å². The number of halogens is 1. The summed E-state index contributed by atoms with van der Waals surface area (Å²) in [5, 5.41) is 28.3. The summed E-state index contributed by atoms with van der Waals surface area (Å²) in [6.45, 7) is 3.67. The van der Waals surface area contributed by atoms with Gasteiger partial charge in [-0.2, -0.15) is 5.26 Å². The SMILES string of the molecule is Cc1cc(/C=C(/C#N)c2ccc(Br)cc2)c(C)n1-c1cc(C(=O)O)cc(C(=O)O)c1. The van der Waals surface area contributed by atoms with E-state index in [-0.39, 0.29) is 11.1 Å². The lowest BCUT2D eigenvalue weighted by Crippen LogP contribution is -2.07. The molecule has 1 heterocycles. The van der Waals surface area contributed by atoms with Gasteiger partial charge in [0.1, 0.15) is 0 Å². The number of hydrogen-bond donors (Lipinski definition) is 2. The molecule has 0 saturated carbocycles. The molecule has 150 valence electrons. The van der Waals surface area contributed by atoms with Crippen molar-refractivity contribution in [3.63, 3.8) is 0 Å². The van der Waals surface area contributed by atoms with Crippen molar-refractivity contribution in [3.05, 3.63) is 86.6 Å². The first-order valence-electron chi connectivity index (χ1n) is 8.90. The van der Waals surface area contributed by atoms with Gasteiger partial charge in [0, 0.05) is 21.5 Å². The molecule has 7 heteroatoms. The number of aryl methyl sites for hydroxylation is 1. The molecule has 0 aliphatic rings. The first-order chi connectivity index (χ1) is 14.2. The Hall–Kier alpha value is -3.63. The second-order valence-corrected chi connectivity index (χ2v) is 7.63. The van der Waals surface area contributed by atoms with E-state index in [1.165, 1.54) is 12.1 Å². The average molecular weight is 465 g/mol. The lowest BCUT2D eigenvalue weighted by Gasteiger charge is -2.12. The average Bonchev–Trinajstić information content (AvgIpc) is 2.99. The second-order valence-electron chi connectivity index (χ2n) is 6.72. The number of carboxylic acids is 2. The van der Waals surface area contributed by atoms with Crippen molar-refractivity contribution in [1.82, 2.24) is 4.57 Å². The maximum atomic E-state index is 11.4. The Morgan fingerprint density at radius 3 is 2.03 bits per heavy atom. The van der Waals surface area contributed by atoms with Crippen molar-refractivity contribution >= 4 is 39.5 Å². The minimum Gasteiger partial charge on any atom is -0.478 e. The molecule has 0 fully saturated rings. The number of nitriles is 1. The van der Waals surface area contributed by atoms with Crippen LogP contribution in [0.3, 0.4) is 0 Å². The molecule has 0 amide bonds. The zero-order chi connectivity index (χ0) is 22.0. The third-order valence-electron chi connectivity index (χ3n) is 4.72. The van der Waals surface area contributed by atoms with Crippen LogP contribution in [0.25, 0.3) is 17.3 Å². The number of carboxylic acid groups (broad SMARTS) is 2. The van der Waals surface area contributed by atoms with E-state index in [1.54, 1.807) is 10.6 Å². The van der Waals surface area contributed by atoms with Crippen LogP contribution in [0.5, 0.6) is 0 Å². The van der Waals surface area contributed by atoms with Crippen LogP contribution < -0.4 is 0 Å². The zero-order valence-corrected chi connectivity index (χ0v) is 17.8. The van der Waals surface area contributed by atoms with Crippen LogP contribution in [-0.4, -0.2) is 26.7 Å². The van der Waals surface area contributed by atoms with Crippen molar-refractivity contribution < 1.29 is 19.8 Å². The van der Waals surface area contributed by atoms with E-state index in [0.29, 0.717) is 11.3 Å². The molecule has 0 saturated heterocycles. The maximum absolute atomic E-state index is 11.4. The molecule has 0 unspecified atom stereocenters. The van der Waals surface area contributed by atoms with Gasteiger partial charge in [-0.05, 0) is 67.4 Å². The summed E-state index contributed by atoms with van der Waals surface area (Å²) in [5.74, 6) is -2.41. The molecule has 2 aromatic carbocycles. The number of allylic oxidation sites excluding steroid dienone is 1. The minimum absolute atomic E-state index is 0.109. The predicted octanol–water partition coefficient (Wildman–Crippen LogP) is 5.32. The highest BCUT2D eigenvalue weighted by Crippen LogP contribution is 2.27. The fourth-order valence-corrected chi connectivity index (χ4v) is 3.55. The molecule has 0 spiro atoms. The molecule has 2 N–H and O–H groups in total. The first kappa shape index (κ1) is 21.1. The Bertz CT molecular complexity index is 1200. The molecule has 0 atom stereocenters. The molecule has 6 nitrogen and oxygen atoms in total. The van der Waals surface area contributed by atoms with E-state index in [0.717, 1.165) is 33.1 Å². The van der Waals surface area contributed by atoms with E-state index in [9.17, 15) is 25.1 Å².